The Morgan fingerprint density at radius 2 is 2.00 bits per heavy atom. The first kappa shape index (κ1) is 10.3. The van der Waals surface area contributed by atoms with E-state index in [2.05, 4.69) is 15.9 Å². The molecule has 0 unspecified atom stereocenters. The van der Waals surface area contributed by atoms with Crippen molar-refractivity contribution >= 4 is 6.16 Å². The molecule has 0 aromatic carbocycles. The molecule has 0 bridgehead atoms. The molecule has 0 saturated heterocycles. The van der Waals surface area contributed by atoms with Gasteiger partial charge >= 0.3 is 6.16 Å². The van der Waals surface area contributed by atoms with Crippen molar-refractivity contribution in [1.82, 2.24) is 11.0 Å². The van der Waals surface area contributed by atoms with Crippen molar-refractivity contribution in [3.63, 3.8) is 0 Å². The van der Waals surface area contributed by atoms with E-state index in [0.29, 0.717) is 6.04 Å². The van der Waals surface area contributed by atoms with Gasteiger partial charge in [0.25, 0.3) is 0 Å². The van der Waals surface area contributed by atoms with E-state index in [1.165, 1.54) is 0 Å². The Hall–Kier alpha value is -0.810. The molecule has 0 heterocycles. The van der Waals surface area contributed by atoms with Gasteiger partial charge in [-0.25, -0.2) is 10.2 Å². The van der Waals surface area contributed by atoms with Gasteiger partial charge in [-0.1, -0.05) is 5.59 Å². The van der Waals surface area contributed by atoms with Gasteiger partial charge in [-0.05, 0) is 33.6 Å². The molecule has 5 nitrogen and oxygen atoms in total. The van der Waals surface area contributed by atoms with Crippen molar-refractivity contribution in [3.05, 3.63) is 0 Å². The zero-order valence-corrected chi connectivity index (χ0v) is 8.22. The van der Waals surface area contributed by atoms with Gasteiger partial charge in [-0.2, -0.15) is 0 Å². The lowest BCUT2D eigenvalue weighted by atomic mass is 10.2. The van der Waals surface area contributed by atoms with Gasteiger partial charge < -0.3 is 9.57 Å². The number of hydrogen-bond donors (Lipinski definition) is 2. The van der Waals surface area contributed by atoms with Crippen LogP contribution >= 0.6 is 0 Å². The van der Waals surface area contributed by atoms with Crippen LogP contribution in [-0.4, -0.2) is 17.8 Å². The Morgan fingerprint density at radius 1 is 1.38 bits per heavy atom. The Bertz CT molecular complexity index is 184. The van der Waals surface area contributed by atoms with Crippen molar-refractivity contribution in [2.75, 3.05) is 0 Å². The van der Waals surface area contributed by atoms with Gasteiger partial charge in [0.1, 0.15) is 5.60 Å². The van der Waals surface area contributed by atoms with Crippen LogP contribution in [0.1, 0.15) is 33.6 Å². The molecule has 1 fully saturated rings. The summed E-state index contributed by atoms with van der Waals surface area (Å²) >= 11 is 0. The van der Waals surface area contributed by atoms with Crippen LogP contribution < -0.4 is 11.0 Å². The second-order valence-electron chi connectivity index (χ2n) is 4.09. The van der Waals surface area contributed by atoms with Crippen molar-refractivity contribution in [3.8, 4) is 0 Å². The molecule has 0 radical (unpaired) electrons. The third-order valence-corrected chi connectivity index (χ3v) is 1.36. The summed E-state index contributed by atoms with van der Waals surface area (Å²) < 4.78 is 4.88. The fourth-order valence-electron chi connectivity index (χ4n) is 0.653. The maximum Gasteiger partial charge on any atom is 0.529 e. The number of rotatable bonds is 3. The highest BCUT2D eigenvalue weighted by molar-refractivity contribution is 5.59. The topological polar surface area (TPSA) is 59.6 Å². The highest BCUT2D eigenvalue weighted by Crippen LogP contribution is 2.17. The summed E-state index contributed by atoms with van der Waals surface area (Å²) in [6.07, 6.45) is 1.51. The smallest absolute Gasteiger partial charge is 0.427 e. The molecule has 0 atom stereocenters. The van der Waals surface area contributed by atoms with E-state index in [0.717, 1.165) is 12.8 Å². The average molecular weight is 188 g/mol. The molecule has 0 spiro atoms. The number of hydrogen-bond acceptors (Lipinski definition) is 5. The van der Waals surface area contributed by atoms with Crippen molar-refractivity contribution < 1.29 is 14.4 Å². The first-order chi connectivity index (χ1) is 5.97. The molecule has 5 heteroatoms. The van der Waals surface area contributed by atoms with E-state index in [1.807, 2.05) is 0 Å². The van der Waals surface area contributed by atoms with Crippen LogP contribution in [0.15, 0.2) is 0 Å². The molecule has 0 amide bonds. The van der Waals surface area contributed by atoms with Crippen LogP contribution in [0.3, 0.4) is 0 Å². The van der Waals surface area contributed by atoms with Gasteiger partial charge in [0.15, 0.2) is 0 Å². The maximum absolute atomic E-state index is 10.9. The molecule has 1 aliphatic carbocycles. The van der Waals surface area contributed by atoms with E-state index in [1.54, 1.807) is 20.8 Å². The monoisotopic (exact) mass is 188 g/mol. The summed E-state index contributed by atoms with van der Waals surface area (Å²) in [5, 5.41) is 0. The molecule has 76 valence electrons. The number of hydrazine groups is 1. The number of carbonyl (C=O) groups is 1. The lowest BCUT2D eigenvalue weighted by Gasteiger charge is -2.18. The van der Waals surface area contributed by atoms with E-state index >= 15 is 0 Å². The van der Waals surface area contributed by atoms with Crippen LogP contribution in [0.4, 0.5) is 4.79 Å². The Labute approximate surface area is 77.7 Å². The summed E-state index contributed by atoms with van der Waals surface area (Å²) in [6.45, 7) is 5.34. The molecule has 1 saturated carbocycles. The summed E-state index contributed by atoms with van der Waals surface area (Å²) in [6, 6.07) is 0.433. The van der Waals surface area contributed by atoms with E-state index in [9.17, 15) is 4.79 Å². The molecule has 0 aromatic heterocycles. The molecule has 0 aromatic rings. The largest absolute Gasteiger partial charge is 0.529 e. The molecular formula is C8H16N2O3. The Balaban J connectivity index is 2.02. The summed E-state index contributed by atoms with van der Waals surface area (Å²) in [5.41, 5.74) is 4.63. The predicted octanol–water partition coefficient (Wildman–Crippen LogP) is 1.11. The predicted molar refractivity (Wildman–Crippen MR) is 46.6 cm³/mol. The van der Waals surface area contributed by atoms with Gasteiger partial charge in [-0.3, -0.25) is 0 Å². The van der Waals surface area contributed by atoms with Crippen molar-refractivity contribution in [2.24, 2.45) is 0 Å². The van der Waals surface area contributed by atoms with Gasteiger partial charge in [0.2, 0.25) is 0 Å². The van der Waals surface area contributed by atoms with Crippen LogP contribution in [0.25, 0.3) is 0 Å². The quantitative estimate of drug-likeness (QED) is 0.513. The van der Waals surface area contributed by atoms with Gasteiger partial charge in [-0.15, -0.1) is 0 Å². The highest BCUT2D eigenvalue weighted by atomic mass is 16.8. The summed E-state index contributed by atoms with van der Waals surface area (Å²) in [4.78, 5) is 15.5. The zero-order valence-electron chi connectivity index (χ0n) is 8.22. The number of nitrogens with one attached hydrogen (secondary N) is 2. The molecule has 0 aliphatic heterocycles. The van der Waals surface area contributed by atoms with Crippen LogP contribution in [0, 0.1) is 0 Å². The minimum Gasteiger partial charge on any atom is -0.427 e. The van der Waals surface area contributed by atoms with Crippen LogP contribution in [0.5, 0.6) is 0 Å². The third kappa shape index (κ3) is 5.43. The van der Waals surface area contributed by atoms with Crippen molar-refractivity contribution in [1.29, 1.82) is 0 Å². The normalized spacial score (nSPS) is 16.8. The molecule has 2 N–H and O–H groups in total. The summed E-state index contributed by atoms with van der Waals surface area (Å²) in [7, 11) is 0. The first-order valence-corrected chi connectivity index (χ1v) is 4.38. The second kappa shape index (κ2) is 3.93. The lowest BCUT2D eigenvalue weighted by molar-refractivity contribution is -0.0425. The highest BCUT2D eigenvalue weighted by Gasteiger charge is 2.22. The summed E-state index contributed by atoms with van der Waals surface area (Å²) in [5.74, 6) is 0. The standard InChI is InChI=1S/C8H16N2O3/c1-8(2,3)12-7(11)13-10-9-6-4-5-6/h6,9-10H,4-5H2,1-3H3. The fourth-order valence-corrected chi connectivity index (χ4v) is 0.653. The van der Waals surface area contributed by atoms with Gasteiger partial charge in [0.05, 0.1) is 0 Å². The molecular weight excluding hydrogens is 172 g/mol. The molecule has 1 rings (SSSR count). The van der Waals surface area contributed by atoms with Gasteiger partial charge in [0, 0.05) is 6.04 Å². The second-order valence-corrected chi connectivity index (χ2v) is 4.09. The van der Waals surface area contributed by atoms with Crippen LogP contribution in [0.2, 0.25) is 0 Å². The maximum atomic E-state index is 10.9. The Kier molecular flexibility index (Phi) is 3.11. The fraction of sp³-hybridized carbons (Fsp3) is 0.875. The average Bonchev–Trinajstić information content (AvgIpc) is 2.66. The van der Waals surface area contributed by atoms with E-state index in [-0.39, 0.29) is 0 Å². The van der Waals surface area contributed by atoms with Crippen LogP contribution in [-0.2, 0) is 9.57 Å². The third-order valence-electron chi connectivity index (χ3n) is 1.36. The molecule has 13 heavy (non-hydrogen) atoms. The number of carbonyl (C=O) groups excluding carboxylic acids is 1. The lowest BCUT2D eigenvalue weighted by Crippen LogP contribution is -2.37. The SMILES string of the molecule is CC(C)(C)OC(=O)ONNC1CC1. The first-order valence-electron chi connectivity index (χ1n) is 4.38. The molecule has 1 aliphatic rings. The Morgan fingerprint density at radius 3 is 2.46 bits per heavy atom. The minimum absolute atomic E-state index is 0.433. The number of ether oxygens (including phenoxy) is 1. The van der Waals surface area contributed by atoms with E-state index in [4.69, 9.17) is 4.74 Å². The zero-order chi connectivity index (χ0) is 9.90. The van der Waals surface area contributed by atoms with Crippen molar-refractivity contribution in [2.45, 2.75) is 45.3 Å². The van der Waals surface area contributed by atoms with E-state index < -0.39 is 11.8 Å². The minimum atomic E-state index is -0.722.